The van der Waals surface area contributed by atoms with Crippen molar-refractivity contribution in [1.82, 2.24) is 4.98 Å². The van der Waals surface area contributed by atoms with E-state index in [1.165, 1.54) is 11.1 Å². The maximum atomic E-state index is 4.37. The van der Waals surface area contributed by atoms with Crippen LogP contribution in [0.4, 0.5) is 5.82 Å². The first-order chi connectivity index (χ1) is 5.38. The summed E-state index contributed by atoms with van der Waals surface area (Å²) < 4.78 is 6.59. The van der Waals surface area contributed by atoms with Gasteiger partial charge in [0.1, 0.15) is 0 Å². The average molecular weight is 258 g/mol. The minimum Gasteiger partial charge on any atom is -0.236 e. The van der Waals surface area contributed by atoms with Crippen LogP contribution >= 0.6 is 21.0 Å². The molecule has 11 heavy (non-hydrogen) atoms. The Morgan fingerprint density at radius 1 is 1.45 bits per heavy atom. The number of nitrogens with zero attached hydrogens (tertiary/aromatic N) is 2. The number of hydrogen-bond acceptors (Lipinski definition) is 2. The molecule has 0 aromatic carbocycles. The predicted molar refractivity (Wildman–Crippen MR) is 54.0 cm³/mol. The Kier molecular flexibility index (Phi) is 1.81. The zero-order valence-corrected chi connectivity index (χ0v) is 8.24. The van der Waals surface area contributed by atoms with Crippen LogP contribution in [0.3, 0.4) is 0 Å². The van der Waals surface area contributed by atoms with Crippen LogP contribution in [0.5, 0.6) is 0 Å². The fourth-order valence-electron chi connectivity index (χ4n) is 0.975. The number of hydrogen-bond donors (Lipinski definition) is 0. The summed E-state index contributed by atoms with van der Waals surface area (Å²) in [4.78, 5) is 4.19. The SMILES string of the molecule is CC1=CI=Nc2ncccc21. The largest absolute Gasteiger partial charge is 0.236 e. The van der Waals surface area contributed by atoms with Crippen molar-refractivity contribution in [1.29, 1.82) is 0 Å². The molecule has 0 bridgehead atoms. The number of allylic oxidation sites excluding steroid dienone is 1. The van der Waals surface area contributed by atoms with E-state index in [0.717, 1.165) is 5.82 Å². The fraction of sp³-hybridized carbons (Fsp3) is 0.125. The van der Waals surface area contributed by atoms with Crippen molar-refractivity contribution in [2.45, 2.75) is 6.92 Å². The lowest BCUT2D eigenvalue weighted by Crippen LogP contribution is -1.83. The summed E-state index contributed by atoms with van der Waals surface area (Å²) in [5, 5.41) is 0. The number of rotatable bonds is 0. The molecule has 0 spiro atoms. The molecule has 1 aromatic rings. The lowest BCUT2D eigenvalue weighted by atomic mass is 10.1. The van der Waals surface area contributed by atoms with Gasteiger partial charge in [-0.3, -0.25) is 0 Å². The second-order valence-electron chi connectivity index (χ2n) is 2.35. The van der Waals surface area contributed by atoms with Gasteiger partial charge in [0.25, 0.3) is 0 Å². The van der Waals surface area contributed by atoms with Gasteiger partial charge in [0.2, 0.25) is 0 Å². The molecular weight excluding hydrogens is 251 g/mol. The molecule has 0 radical (unpaired) electrons. The fourth-order valence-corrected chi connectivity index (χ4v) is 2.52. The molecular formula is C8H7IN2. The van der Waals surface area contributed by atoms with Gasteiger partial charge in [0.05, 0.1) is 0 Å². The van der Waals surface area contributed by atoms with Gasteiger partial charge < -0.3 is 0 Å². The molecule has 0 amide bonds. The lowest BCUT2D eigenvalue weighted by Gasteiger charge is -2.05. The number of fused-ring (bicyclic) bond motifs is 1. The van der Waals surface area contributed by atoms with E-state index in [-0.39, 0.29) is 21.0 Å². The van der Waals surface area contributed by atoms with Crippen LogP contribution in [0.2, 0.25) is 0 Å². The summed E-state index contributed by atoms with van der Waals surface area (Å²) in [5.74, 6) is 0.931. The maximum absolute atomic E-state index is 4.37. The van der Waals surface area contributed by atoms with Crippen LogP contribution in [0.15, 0.2) is 25.6 Å². The van der Waals surface area contributed by atoms with Gasteiger partial charge in [-0.05, 0) is 28.7 Å². The monoisotopic (exact) mass is 258 g/mol. The first-order valence-corrected chi connectivity index (χ1v) is 5.55. The molecule has 56 valence electrons. The molecule has 2 nitrogen and oxygen atoms in total. The molecule has 0 fully saturated rings. The number of aromatic nitrogens is 1. The molecule has 0 aliphatic carbocycles. The van der Waals surface area contributed by atoms with Gasteiger partial charge in [0.15, 0.2) is 5.82 Å². The summed E-state index contributed by atoms with van der Waals surface area (Å²) in [6, 6.07) is 4.02. The Bertz CT molecular complexity index is 342. The zero-order valence-electron chi connectivity index (χ0n) is 6.08. The van der Waals surface area contributed by atoms with E-state index in [9.17, 15) is 0 Å². The average Bonchev–Trinajstić information content (AvgIpc) is 2.06. The van der Waals surface area contributed by atoms with Crippen LogP contribution in [-0.4, -0.2) is 4.98 Å². The zero-order chi connectivity index (χ0) is 7.68. The van der Waals surface area contributed by atoms with Gasteiger partial charge >= 0.3 is 0 Å². The Morgan fingerprint density at radius 2 is 2.36 bits per heavy atom. The van der Waals surface area contributed by atoms with Crippen molar-refractivity contribution in [2.75, 3.05) is 0 Å². The standard InChI is InChI=1S/C8H7IN2/c1-6-5-9-11-8-7(6)3-2-4-10-8/h2-5H,1H3. The van der Waals surface area contributed by atoms with Gasteiger partial charge in [-0.1, -0.05) is 0 Å². The highest BCUT2D eigenvalue weighted by atomic mass is 127. The lowest BCUT2D eigenvalue weighted by molar-refractivity contribution is 1.27. The molecule has 1 aromatic heterocycles. The summed E-state index contributed by atoms with van der Waals surface area (Å²) in [6.45, 7) is 2.12. The molecule has 0 saturated heterocycles. The first-order valence-electron chi connectivity index (χ1n) is 3.34. The minimum absolute atomic E-state index is 0.114. The van der Waals surface area contributed by atoms with Crippen molar-refractivity contribution >= 4 is 32.4 Å². The van der Waals surface area contributed by atoms with Gasteiger partial charge in [-0.15, -0.1) is 0 Å². The topological polar surface area (TPSA) is 25.2 Å². The number of halogens is 1. The maximum Gasteiger partial charge on any atom is 0.165 e. The summed E-state index contributed by atoms with van der Waals surface area (Å²) >= 11 is -0.114. The van der Waals surface area contributed by atoms with Crippen molar-refractivity contribution in [3.05, 3.63) is 28.0 Å². The predicted octanol–water partition coefficient (Wildman–Crippen LogP) is 3.24. The number of pyridine rings is 1. The van der Waals surface area contributed by atoms with E-state index < -0.39 is 0 Å². The normalized spacial score (nSPS) is 14.8. The summed E-state index contributed by atoms with van der Waals surface area (Å²) in [5.41, 5.74) is 2.52. The summed E-state index contributed by atoms with van der Waals surface area (Å²) in [6.07, 6.45) is 1.80. The third kappa shape index (κ3) is 1.24. The van der Waals surface area contributed by atoms with E-state index in [1.807, 2.05) is 6.07 Å². The van der Waals surface area contributed by atoms with Crippen LogP contribution in [0.1, 0.15) is 12.5 Å². The molecule has 3 heteroatoms. The first kappa shape index (κ1) is 7.09. The van der Waals surface area contributed by atoms with E-state index in [2.05, 4.69) is 25.2 Å². The smallest absolute Gasteiger partial charge is 0.165 e. The minimum atomic E-state index is -0.114. The van der Waals surface area contributed by atoms with Gasteiger partial charge in [-0.25, -0.2) is 8.13 Å². The molecule has 1 aliphatic heterocycles. The van der Waals surface area contributed by atoms with E-state index in [4.69, 9.17) is 0 Å². The highest BCUT2D eigenvalue weighted by molar-refractivity contribution is 14.2. The van der Waals surface area contributed by atoms with Crippen molar-refractivity contribution in [3.8, 4) is 0 Å². The third-order valence-corrected chi connectivity index (χ3v) is 3.50. The summed E-state index contributed by atoms with van der Waals surface area (Å²) in [7, 11) is 0. The second-order valence-corrected chi connectivity index (χ2v) is 4.01. The molecule has 0 unspecified atom stereocenters. The third-order valence-electron chi connectivity index (χ3n) is 1.55. The van der Waals surface area contributed by atoms with Gasteiger partial charge in [-0.2, -0.15) is 0 Å². The quantitative estimate of drug-likeness (QED) is 0.656. The Balaban J connectivity index is 2.67. The van der Waals surface area contributed by atoms with Crippen molar-refractivity contribution < 1.29 is 0 Å². The van der Waals surface area contributed by atoms with Crippen LogP contribution < -0.4 is 0 Å². The van der Waals surface area contributed by atoms with E-state index in [0.29, 0.717) is 0 Å². The van der Waals surface area contributed by atoms with Crippen LogP contribution in [-0.2, 0) is 0 Å². The molecule has 1 aliphatic rings. The van der Waals surface area contributed by atoms with Crippen LogP contribution in [0, 0.1) is 0 Å². The Labute approximate surface area is 75.5 Å². The highest BCUT2D eigenvalue weighted by Gasteiger charge is 2.05. The van der Waals surface area contributed by atoms with E-state index in [1.54, 1.807) is 6.20 Å². The Hall–Kier alpha value is -0.580. The molecule has 0 N–H and O–H groups in total. The Morgan fingerprint density at radius 3 is 3.18 bits per heavy atom. The highest BCUT2D eigenvalue weighted by Crippen LogP contribution is 2.32. The second kappa shape index (κ2) is 2.81. The van der Waals surface area contributed by atoms with Crippen molar-refractivity contribution in [3.63, 3.8) is 0 Å². The van der Waals surface area contributed by atoms with Gasteiger partial charge in [0, 0.05) is 32.8 Å². The van der Waals surface area contributed by atoms with Crippen LogP contribution in [0.25, 0.3) is 5.57 Å². The molecule has 2 rings (SSSR count). The molecule has 0 saturated carbocycles. The van der Waals surface area contributed by atoms with E-state index >= 15 is 0 Å². The van der Waals surface area contributed by atoms with Crippen molar-refractivity contribution in [2.24, 2.45) is 3.15 Å². The molecule has 2 heterocycles. The molecule has 0 atom stereocenters.